The van der Waals surface area contributed by atoms with E-state index in [-0.39, 0.29) is 0 Å². The molecule has 0 aliphatic heterocycles. The Hall–Kier alpha value is -1.62. The van der Waals surface area contributed by atoms with Crippen LogP contribution in [0.4, 0.5) is 0 Å². The highest BCUT2D eigenvalue weighted by molar-refractivity contribution is 6.60. The molecule has 0 saturated heterocycles. The molecular formula is C13H14BNO2. The van der Waals surface area contributed by atoms with Crippen LogP contribution in [0.15, 0.2) is 48.5 Å². The SMILES string of the molecule is NCc1ccc(-c2ccccc2B(O)O)cc1. The molecule has 4 heteroatoms. The third-order valence-corrected chi connectivity index (χ3v) is 2.74. The quantitative estimate of drug-likeness (QED) is 0.668. The van der Waals surface area contributed by atoms with Crippen LogP contribution in [0.3, 0.4) is 0 Å². The maximum absolute atomic E-state index is 9.30. The zero-order chi connectivity index (χ0) is 12.3. The smallest absolute Gasteiger partial charge is 0.423 e. The highest BCUT2D eigenvalue weighted by Gasteiger charge is 2.15. The minimum Gasteiger partial charge on any atom is -0.423 e. The van der Waals surface area contributed by atoms with Gasteiger partial charge in [0.15, 0.2) is 0 Å². The molecule has 4 N–H and O–H groups in total. The topological polar surface area (TPSA) is 66.5 Å². The van der Waals surface area contributed by atoms with Gasteiger partial charge in [0.25, 0.3) is 0 Å². The first kappa shape index (κ1) is 11.9. The van der Waals surface area contributed by atoms with Crippen molar-refractivity contribution in [3.05, 3.63) is 54.1 Å². The Balaban J connectivity index is 2.45. The average Bonchev–Trinajstić information content (AvgIpc) is 2.39. The summed E-state index contributed by atoms with van der Waals surface area (Å²) in [6, 6.07) is 15.0. The van der Waals surface area contributed by atoms with Gasteiger partial charge in [-0.25, -0.2) is 0 Å². The van der Waals surface area contributed by atoms with Crippen LogP contribution in [0.5, 0.6) is 0 Å². The van der Waals surface area contributed by atoms with Crippen LogP contribution in [0.1, 0.15) is 5.56 Å². The van der Waals surface area contributed by atoms with Crippen molar-refractivity contribution in [2.24, 2.45) is 5.73 Å². The van der Waals surface area contributed by atoms with Crippen LogP contribution in [0.25, 0.3) is 11.1 Å². The third kappa shape index (κ3) is 2.56. The zero-order valence-corrected chi connectivity index (χ0v) is 9.38. The number of hydrogen-bond donors (Lipinski definition) is 3. The van der Waals surface area contributed by atoms with Gasteiger partial charge in [-0.3, -0.25) is 0 Å². The molecule has 0 bridgehead atoms. The summed E-state index contributed by atoms with van der Waals surface area (Å²) in [5.41, 5.74) is 8.87. The van der Waals surface area contributed by atoms with Gasteiger partial charge in [-0.05, 0) is 22.2 Å². The van der Waals surface area contributed by atoms with Gasteiger partial charge in [0.1, 0.15) is 0 Å². The Morgan fingerprint density at radius 2 is 1.59 bits per heavy atom. The molecule has 0 fully saturated rings. The fourth-order valence-electron chi connectivity index (χ4n) is 1.81. The molecule has 2 aromatic rings. The number of rotatable bonds is 3. The monoisotopic (exact) mass is 227 g/mol. The Bertz CT molecular complexity index is 497. The van der Waals surface area contributed by atoms with E-state index in [0.29, 0.717) is 12.0 Å². The molecule has 0 unspecified atom stereocenters. The van der Waals surface area contributed by atoms with Gasteiger partial charge in [-0.15, -0.1) is 0 Å². The van der Waals surface area contributed by atoms with Crippen molar-refractivity contribution >= 4 is 12.6 Å². The molecule has 0 saturated carbocycles. The largest absolute Gasteiger partial charge is 0.489 e. The van der Waals surface area contributed by atoms with Crippen molar-refractivity contribution in [3.8, 4) is 11.1 Å². The van der Waals surface area contributed by atoms with Crippen molar-refractivity contribution in [1.29, 1.82) is 0 Å². The first-order chi connectivity index (χ1) is 8.22. The van der Waals surface area contributed by atoms with Crippen molar-refractivity contribution in [2.75, 3.05) is 0 Å². The second kappa shape index (κ2) is 5.14. The van der Waals surface area contributed by atoms with Crippen molar-refractivity contribution in [1.82, 2.24) is 0 Å². The van der Waals surface area contributed by atoms with E-state index in [1.54, 1.807) is 12.1 Å². The van der Waals surface area contributed by atoms with E-state index in [1.165, 1.54) is 0 Å². The van der Waals surface area contributed by atoms with E-state index < -0.39 is 7.12 Å². The fraction of sp³-hybridized carbons (Fsp3) is 0.0769. The molecule has 0 radical (unpaired) electrons. The van der Waals surface area contributed by atoms with Crippen LogP contribution >= 0.6 is 0 Å². The predicted molar refractivity (Wildman–Crippen MR) is 69.6 cm³/mol. The molecule has 0 aliphatic carbocycles. The molecule has 0 amide bonds. The molecule has 3 nitrogen and oxygen atoms in total. The normalized spacial score (nSPS) is 10.3. The number of hydrogen-bond acceptors (Lipinski definition) is 3. The van der Waals surface area contributed by atoms with E-state index in [9.17, 15) is 10.0 Å². The van der Waals surface area contributed by atoms with Crippen LogP contribution in [-0.2, 0) is 6.54 Å². The van der Waals surface area contributed by atoms with Gasteiger partial charge in [0.05, 0.1) is 0 Å². The first-order valence-electron chi connectivity index (χ1n) is 5.47. The van der Waals surface area contributed by atoms with Crippen LogP contribution < -0.4 is 11.2 Å². The molecule has 0 aliphatic rings. The standard InChI is InChI=1S/C13H14BNO2/c15-9-10-5-7-11(8-6-10)12-3-1-2-4-13(12)14(16)17/h1-8,16-17H,9,15H2. The zero-order valence-electron chi connectivity index (χ0n) is 9.38. The maximum Gasteiger partial charge on any atom is 0.489 e. The van der Waals surface area contributed by atoms with Crippen molar-refractivity contribution < 1.29 is 10.0 Å². The van der Waals surface area contributed by atoms with Gasteiger partial charge in [0, 0.05) is 6.54 Å². The summed E-state index contributed by atoms with van der Waals surface area (Å²) in [5.74, 6) is 0. The maximum atomic E-state index is 9.30. The van der Waals surface area contributed by atoms with Crippen LogP contribution in [0, 0.1) is 0 Å². The molecule has 2 aromatic carbocycles. The van der Waals surface area contributed by atoms with E-state index >= 15 is 0 Å². The van der Waals surface area contributed by atoms with Crippen LogP contribution in [0.2, 0.25) is 0 Å². The number of nitrogens with two attached hydrogens (primary N) is 1. The molecule has 0 atom stereocenters. The second-order valence-electron chi connectivity index (χ2n) is 3.86. The van der Waals surface area contributed by atoms with Gasteiger partial charge in [-0.2, -0.15) is 0 Å². The lowest BCUT2D eigenvalue weighted by molar-refractivity contribution is 0.426. The Morgan fingerprint density at radius 1 is 0.941 bits per heavy atom. The molecule has 0 heterocycles. The van der Waals surface area contributed by atoms with E-state index in [0.717, 1.165) is 16.7 Å². The van der Waals surface area contributed by atoms with Gasteiger partial charge in [-0.1, -0.05) is 48.5 Å². The molecule has 0 aromatic heterocycles. The van der Waals surface area contributed by atoms with Crippen molar-refractivity contribution in [2.45, 2.75) is 6.54 Å². The Kier molecular flexibility index (Phi) is 3.59. The predicted octanol–water partition coefficient (Wildman–Crippen LogP) is 0.492. The van der Waals surface area contributed by atoms with Gasteiger partial charge < -0.3 is 15.8 Å². The Morgan fingerprint density at radius 3 is 2.18 bits per heavy atom. The second-order valence-corrected chi connectivity index (χ2v) is 3.86. The summed E-state index contributed by atoms with van der Waals surface area (Å²) in [7, 11) is -1.46. The molecular weight excluding hydrogens is 213 g/mol. The lowest BCUT2D eigenvalue weighted by Crippen LogP contribution is -2.31. The fourth-order valence-corrected chi connectivity index (χ4v) is 1.81. The van der Waals surface area contributed by atoms with E-state index in [1.807, 2.05) is 36.4 Å². The summed E-state index contributed by atoms with van der Waals surface area (Å²) >= 11 is 0. The van der Waals surface area contributed by atoms with Gasteiger partial charge in [0.2, 0.25) is 0 Å². The summed E-state index contributed by atoms with van der Waals surface area (Å²) in [6.07, 6.45) is 0. The van der Waals surface area contributed by atoms with Gasteiger partial charge >= 0.3 is 7.12 Å². The summed E-state index contributed by atoms with van der Waals surface area (Å²) < 4.78 is 0. The Labute approximate surface area is 101 Å². The summed E-state index contributed by atoms with van der Waals surface area (Å²) in [4.78, 5) is 0. The minimum absolute atomic E-state index is 0.505. The third-order valence-electron chi connectivity index (χ3n) is 2.74. The highest BCUT2D eigenvalue weighted by atomic mass is 16.4. The summed E-state index contributed by atoms with van der Waals surface area (Å²) in [5, 5.41) is 18.6. The molecule has 2 rings (SSSR count). The van der Waals surface area contributed by atoms with E-state index in [4.69, 9.17) is 5.73 Å². The molecule has 86 valence electrons. The number of benzene rings is 2. The lowest BCUT2D eigenvalue weighted by atomic mass is 9.75. The first-order valence-corrected chi connectivity index (χ1v) is 5.47. The summed E-state index contributed by atoms with van der Waals surface area (Å²) in [6.45, 7) is 0.505. The molecule has 17 heavy (non-hydrogen) atoms. The highest BCUT2D eigenvalue weighted by Crippen LogP contribution is 2.18. The average molecular weight is 227 g/mol. The minimum atomic E-state index is -1.46. The van der Waals surface area contributed by atoms with Crippen molar-refractivity contribution in [3.63, 3.8) is 0 Å². The lowest BCUT2D eigenvalue weighted by Gasteiger charge is -2.09. The molecule has 0 spiro atoms. The van der Waals surface area contributed by atoms with E-state index in [2.05, 4.69) is 0 Å². The van der Waals surface area contributed by atoms with Crippen LogP contribution in [-0.4, -0.2) is 17.2 Å².